The summed E-state index contributed by atoms with van der Waals surface area (Å²) in [6.07, 6.45) is 0.585. The Morgan fingerprint density at radius 1 is 1.50 bits per heavy atom. The molecule has 0 heterocycles. The van der Waals surface area contributed by atoms with E-state index in [2.05, 4.69) is 4.74 Å². The van der Waals surface area contributed by atoms with Gasteiger partial charge in [-0.25, -0.2) is 13.6 Å². The smallest absolute Gasteiger partial charge is 0.427 e. The van der Waals surface area contributed by atoms with E-state index < -0.39 is 17.7 Å². The van der Waals surface area contributed by atoms with Crippen LogP contribution >= 0.6 is 0 Å². The third-order valence-electron chi connectivity index (χ3n) is 1.71. The van der Waals surface area contributed by atoms with Gasteiger partial charge in [0, 0.05) is 6.07 Å². The minimum Gasteiger partial charge on any atom is -0.449 e. The molecule has 16 heavy (non-hydrogen) atoms. The summed E-state index contributed by atoms with van der Waals surface area (Å²) in [5, 5.41) is 8.70. The van der Waals surface area contributed by atoms with E-state index >= 15 is 0 Å². The normalized spacial score (nSPS) is 9.38. The molecule has 0 aliphatic carbocycles. The van der Waals surface area contributed by atoms with Crippen LogP contribution in [0.2, 0.25) is 0 Å². The first kappa shape index (κ1) is 11.9. The zero-order valence-electron chi connectivity index (χ0n) is 8.41. The highest BCUT2D eigenvalue weighted by molar-refractivity contribution is 5.90. The first-order valence-electron chi connectivity index (χ1n) is 4.41. The van der Waals surface area contributed by atoms with E-state index in [1.807, 2.05) is 0 Å². The second-order valence-electron chi connectivity index (χ2n) is 2.73. The lowest BCUT2D eigenvalue weighted by Crippen LogP contribution is -2.26. The van der Waals surface area contributed by atoms with Gasteiger partial charge in [0.15, 0.2) is 17.8 Å². The monoisotopic (exact) mass is 226 g/mol. The number of nitrogens with zero attached hydrogens (tertiary/aromatic N) is 2. The number of nitriles is 1. The van der Waals surface area contributed by atoms with Crippen LogP contribution in [0.25, 0.3) is 0 Å². The number of hydrogen-bond donors (Lipinski definition) is 0. The maximum absolute atomic E-state index is 12.9. The highest BCUT2D eigenvalue weighted by atomic mass is 19.2. The molecule has 1 rings (SSSR count). The fraction of sp³-hybridized carbons (Fsp3) is 0.200. The van der Waals surface area contributed by atoms with Gasteiger partial charge in [0.25, 0.3) is 0 Å². The third-order valence-corrected chi connectivity index (χ3v) is 1.71. The zero-order valence-corrected chi connectivity index (χ0v) is 8.41. The molecule has 0 radical (unpaired) electrons. The van der Waals surface area contributed by atoms with E-state index in [-0.39, 0.29) is 12.3 Å². The second-order valence-corrected chi connectivity index (χ2v) is 2.73. The van der Waals surface area contributed by atoms with Crippen LogP contribution in [0.4, 0.5) is 19.3 Å². The van der Waals surface area contributed by atoms with Crippen LogP contribution in [0.3, 0.4) is 0 Å². The van der Waals surface area contributed by atoms with Gasteiger partial charge in [-0.1, -0.05) is 0 Å². The van der Waals surface area contributed by atoms with Crippen molar-refractivity contribution in [1.29, 1.82) is 5.26 Å². The van der Waals surface area contributed by atoms with Crippen LogP contribution < -0.4 is 4.90 Å². The third kappa shape index (κ3) is 2.45. The lowest BCUT2D eigenvalue weighted by atomic mass is 10.3. The number of benzene rings is 1. The van der Waals surface area contributed by atoms with Crippen molar-refractivity contribution in [2.45, 2.75) is 6.92 Å². The topological polar surface area (TPSA) is 53.3 Å². The number of anilines is 1. The fourth-order valence-corrected chi connectivity index (χ4v) is 1.02. The quantitative estimate of drug-likeness (QED) is 0.574. The Bertz CT molecular complexity index is 443. The Hall–Kier alpha value is -2.16. The van der Waals surface area contributed by atoms with Gasteiger partial charge in [-0.2, -0.15) is 10.2 Å². The molecule has 0 aliphatic heterocycles. The number of halogens is 2. The fourth-order valence-electron chi connectivity index (χ4n) is 1.02. The molecule has 4 nitrogen and oxygen atoms in total. The van der Waals surface area contributed by atoms with E-state index in [9.17, 15) is 13.6 Å². The van der Waals surface area contributed by atoms with Gasteiger partial charge in [0.1, 0.15) is 0 Å². The first-order chi connectivity index (χ1) is 7.60. The SMILES string of the molecule is CCOC(=O)N(C#N)c1ccc(F)c(F)c1. The molecule has 0 bridgehead atoms. The molecule has 1 aromatic rings. The predicted octanol–water partition coefficient (Wildman–Crippen LogP) is 2.41. The van der Waals surface area contributed by atoms with Crippen molar-refractivity contribution in [3.8, 4) is 6.19 Å². The summed E-state index contributed by atoms with van der Waals surface area (Å²) in [4.78, 5) is 11.8. The summed E-state index contributed by atoms with van der Waals surface area (Å²) in [7, 11) is 0. The van der Waals surface area contributed by atoms with Gasteiger partial charge in [0.2, 0.25) is 0 Å². The summed E-state index contributed by atoms with van der Waals surface area (Å²) in [6, 6.07) is 2.68. The van der Waals surface area contributed by atoms with Crippen molar-refractivity contribution in [2.75, 3.05) is 11.5 Å². The molecule has 84 valence electrons. The first-order valence-corrected chi connectivity index (χ1v) is 4.41. The maximum atomic E-state index is 12.9. The molecule has 0 saturated heterocycles. The summed E-state index contributed by atoms with van der Waals surface area (Å²) < 4.78 is 30.1. The van der Waals surface area contributed by atoms with Crippen LogP contribution in [-0.4, -0.2) is 12.7 Å². The number of amides is 1. The number of hydrogen-bond acceptors (Lipinski definition) is 3. The standard InChI is InChI=1S/C10H8F2N2O2/c1-2-16-10(15)14(6-13)7-3-4-8(11)9(12)5-7/h3-5H,2H2,1H3. The van der Waals surface area contributed by atoms with E-state index in [0.29, 0.717) is 4.90 Å². The van der Waals surface area contributed by atoms with E-state index in [1.165, 1.54) is 6.19 Å². The Kier molecular flexibility index (Phi) is 3.78. The van der Waals surface area contributed by atoms with Gasteiger partial charge in [0.05, 0.1) is 12.3 Å². The van der Waals surface area contributed by atoms with Gasteiger partial charge in [-0.05, 0) is 19.1 Å². The summed E-state index contributed by atoms with van der Waals surface area (Å²) in [6.45, 7) is 1.65. The minimum atomic E-state index is -1.14. The molecule has 0 aromatic heterocycles. The summed E-state index contributed by atoms with van der Waals surface area (Å²) in [5.41, 5.74) is -0.0835. The molecule has 1 aromatic carbocycles. The highest BCUT2D eigenvalue weighted by Crippen LogP contribution is 2.18. The Morgan fingerprint density at radius 2 is 2.19 bits per heavy atom. The van der Waals surface area contributed by atoms with Gasteiger partial charge < -0.3 is 4.74 Å². The van der Waals surface area contributed by atoms with Crippen LogP contribution in [-0.2, 0) is 4.74 Å². The molecule has 6 heteroatoms. The number of ether oxygens (including phenoxy) is 1. The van der Waals surface area contributed by atoms with Gasteiger partial charge in [-0.3, -0.25) is 0 Å². The molecule has 0 unspecified atom stereocenters. The minimum absolute atomic E-state index is 0.0835. The second kappa shape index (κ2) is 5.07. The van der Waals surface area contributed by atoms with Crippen LogP contribution in [0, 0.1) is 23.1 Å². The molecule has 1 amide bonds. The average Bonchev–Trinajstić information content (AvgIpc) is 2.25. The van der Waals surface area contributed by atoms with Crippen molar-refractivity contribution in [3.05, 3.63) is 29.8 Å². The van der Waals surface area contributed by atoms with Crippen LogP contribution in [0.15, 0.2) is 18.2 Å². The van der Waals surface area contributed by atoms with E-state index in [1.54, 1.807) is 6.92 Å². The molecule has 0 N–H and O–H groups in total. The molecule has 0 aliphatic rings. The highest BCUT2D eigenvalue weighted by Gasteiger charge is 2.17. The van der Waals surface area contributed by atoms with Crippen molar-refractivity contribution < 1.29 is 18.3 Å². The number of rotatable bonds is 2. The van der Waals surface area contributed by atoms with Gasteiger partial charge >= 0.3 is 6.09 Å². The van der Waals surface area contributed by atoms with Crippen molar-refractivity contribution in [1.82, 2.24) is 0 Å². The van der Waals surface area contributed by atoms with Crippen molar-refractivity contribution >= 4 is 11.8 Å². The number of carbonyl (C=O) groups excluding carboxylic acids is 1. The largest absolute Gasteiger partial charge is 0.449 e. The maximum Gasteiger partial charge on any atom is 0.427 e. The van der Waals surface area contributed by atoms with Gasteiger partial charge in [-0.15, -0.1) is 0 Å². The lowest BCUT2D eigenvalue weighted by Gasteiger charge is -2.12. The molecule has 0 atom stereocenters. The molecule has 0 spiro atoms. The average molecular weight is 226 g/mol. The van der Waals surface area contributed by atoms with Crippen molar-refractivity contribution in [3.63, 3.8) is 0 Å². The van der Waals surface area contributed by atoms with Crippen molar-refractivity contribution in [2.24, 2.45) is 0 Å². The molecule has 0 fully saturated rings. The Labute approximate surface area is 90.6 Å². The molecule has 0 saturated carbocycles. The van der Waals surface area contributed by atoms with Crippen LogP contribution in [0.1, 0.15) is 6.92 Å². The van der Waals surface area contributed by atoms with E-state index in [4.69, 9.17) is 5.26 Å². The van der Waals surface area contributed by atoms with E-state index in [0.717, 1.165) is 18.2 Å². The lowest BCUT2D eigenvalue weighted by molar-refractivity contribution is 0.162. The predicted molar refractivity (Wildman–Crippen MR) is 51.5 cm³/mol. The Balaban J connectivity index is 3.01. The zero-order chi connectivity index (χ0) is 12.1. The summed E-state index contributed by atoms with van der Waals surface area (Å²) >= 11 is 0. The summed E-state index contributed by atoms with van der Waals surface area (Å²) in [5.74, 6) is -2.19. The molecular formula is C10H8F2N2O2. The molecular weight excluding hydrogens is 218 g/mol. The number of carbonyl (C=O) groups is 1. The Morgan fingerprint density at radius 3 is 2.69 bits per heavy atom. The van der Waals surface area contributed by atoms with Crippen LogP contribution in [0.5, 0.6) is 0 Å².